The van der Waals surface area contributed by atoms with E-state index in [9.17, 15) is 9.59 Å². The molecule has 2 aromatic heterocycles. The number of carbonyl (C=O) groups is 2. The monoisotopic (exact) mass is 374 g/mol. The van der Waals surface area contributed by atoms with Crippen LogP contribution < -0.4 is 5.32 Å². The Morgan fingerprint density at radius 2 is 2.04 bits per heavy atom. The molecule has 1 fully saturated rings. The summed E-state index contributed by atoms with van der Waals surface area (Å²) in [6.07, 6.45) is 4.50. The molecule has 3 rings (SSSR count). The molecule has 140 valence electrons. The highest BCUT2D eigenvalue weighted by atomic mass is 32.1. The van der Waals surface area contributed by atoms with Crippen LogP contribution in [0.25, 0.3) is 0 Å². The van der Waals surface area contributed by atoms with Gasteiger partial charge in [0.05, 0.1) is 12.3 Å². The highest BCUT2D eigenvalue weighted by molar-refractivity contribution is 7.12. The van der Waals surface area contributed by atoms with Gasteiger partial charge >= 0.3 is 0 Å². The fraction of sp³-hybridized carbons (Fsp3) is 0.500. The second-order valence-electron chi connectivity index (χ2n) is 6.83. The molecule has 5 nitrogen and oxygen atoms in total. The van der Waals surface area contributed by atoms with Crippen LogP contribution >= 0.6 is 11.3 Å². The summed E-state index contributed by atoms with van der Waals surface area (Å²) in [5, 5.41) is 2.98. The van der Waals surface area contributed by atoms with Crippen LogP contribution in [0.2, 0.25) is 0 Å². The molecule has 0 aromatic carbocycles. The molecule has 3 heterocycles. The average molecular weight is 375 g/mol. The van der Waals surface area contributed by atoms with Gasteiger partial charge in [-0.25, -0.2) is 0 Å². The third-order valence-corrected chi connectivity index (χ3v) is 5.83. The summed E-state index contributed by atoms with van der Waals surface area (Å²) in [4.78, 5) is 29.1. The van der Waals surface area contributed by atoms with Crippen molar-refractivity contribution in [1.82, 2.24) is 10.2 Å². The normalized spacial score (nSPS) is 15.9. The van der Waals surface area contributed by atoms with Gasteiger partial charge in [0.15, 0.2) is 5.78 Å². The third-order valence-electron chi connectivity index (χ3n) is 4.87. The Bertz CT molecular complexity index is 745. The van der Waals surface area contributed by atoms with E-state index in [1.54, 1.807) is 17.6 Å². The van der Waals surface area contributed by atoms with Gasteiger partial charge in [0.2, 0.25) is 5.91 Å². The van der Waals surface area contributed by atoms with Crippen molar-refractivity contribution in [3.63, 3.8) is 0 Å². The lowest BCUT2D eigenvalue weighted by atomic mass is 10.1. The zero-order chi connectivity index (χ0) is 18.5. The Morgan fingerprint density at radius 1 is 1.27 bits per heavy atom. The molecule has 0 aliphatic carbocycles. The standard InChI is InChI=1S/C20H26N2O3S/c1-14-12-16(15(2)26-14)18(23)7-8-20(24)21-13-17(19-6-5-11-25-19)22-9-3-4-10-22/h5-6,11-12,17H,3-4,7-10,13H2,1-2H3,(H,21,24). The Morgan fingerprint density at radius 3 is 2.65 bits per heavy atom. The van der Waals surface area contributed by atoms with Crippen LogP contribution in [0.15, 0.2) is 28.9 Å². The first kappa shape index (κ1) is 18.9. The molecule has 1 aliphatic rings. The second kappa shape index (κ2) is 8.64. The predicted octanol–water partition coefficient (Wildman–Crippen LogP) is 3.87. The molecule has 0 radical (unpaired) electrons. The molecule has 1 saturated heterocycles. The number of aryl methyl sites for hydroxylation is 2. The lowest BCUT2D eigenvalue weighted by molar-refractivity contribution is -0.121. The highest BCUT2D eigenvalue weighted by Gasteiger charge is 2.26. The molecule has 0 saturated carbocycles. The van der Waals surface area contributed by atoms with Gasteiger partial charge in [-0.1, -0.05) is 0 Å². The van der Waals surface area contributed by atoms with Crippen molar-refractivity contribution in [2.24, 2.45) is 0 Å². The number of furan rings is 1. The number of hydrogen-bond acceptors (Lipinski definition) is 5. The Balaban J connectivity index is 1.50. The van der Waals surface area contributed by atoms with Crippen LogP contribution in [0.1, 0.15) is 57.6 Å². The predicted molar refractivity (Wildman–Crippen MR) is 103 cm³/mol. The molecule has 0 spiro atoms. The lowest BCUT2D eigenvalue weighted by Crippen LogP contribution is -2.36. The summed E-state index contributed by atoms with van der Waals surface area (Å²) in [6, 6.07) is 5.82. The SMILES string of the molecule is Cc1cc(C(=O)CCC(=O)NCC(c2ccco2)N2CCCC2)c(C)s1. The minimum absolute atomic E-state index is 0.0455. The van der Waals surface area contributed by atoms with Crippen LogP contribution in [0.4, 0.5) is 0 Å². The molecule has 1 N–H and O–H groups in total. The van der Waals surface area contributed by atoms with Crippen molar-refractivity contribution in [1.29, 1.82) is 0 Å². The summed E-state index contributed by atoms with van der Waals surface area (Å²) in [5.41, 5.74) is 0.755. The number of likely N-dealkylation sites (tertiary alicyclic amines) is 1. The molecule has 1 amide bonds. The van der Waals surface area contributed by atoms with Gasteiger partial charge in [-0.2, -0.15) is 0 Å². The number of hydrogen-bond donors (Lipinski definition) is 1. The van der Waals surface area contributed by atoms with Gasteiger partial charge in [-0.15, -0.1) is 11.3 Å². The number of nitrogens with zero attached hydrogens (tertiary/aromatic N) is 1. The number of amides is 1. The van der Waals surface area contributed by atoms with E-state index in [4.69, 9.17) is 4.42 Å². The molecular weight excluding hydrogens is 348 g/mol. The molecule has 1 unspecified atom stereocenters. The molecular formula is C20H26N2O3S. The number of rotatable bonds is 8. The number of nitrogens with one attached hydrogen (secondary N) is 1. The van der Waals surface area contributed by atoms with Crippen molar-refractivity contribution in [3.05, 3.63) is 45.5 Å². The van der Waals surface area contributed by atoms with Gasteiger partial charge in [0.25, 0.3) is 0 Å². The van der Waals surface area contributed by atoms with E-state index in [1.165, 1.54) is 12.8 Å². The minimum Gasteiger partial charge on any atom is -0.468 e. The largest absolute Gasteiger partial charge is 0.468 e. The molecule has 6 heteroatoms. The van der Waals surface area contributed by atoms with Crippen molar-refractivity contribution < 1.29 is 14.0 Å². The maximum atomic E-state index is 12.3. The number of Topliss-reactive ketones (excluding diaryl/α,β-unsaturated/α-hetero) is 1. The zero-order valence-electron chi connectivity index (χ0n) is 15.4. The van der Waals surface area contributed by atoms with Crippen molar-refractivity contribution in [2.75, 3.05) is 19.6 Å². The van der Waals surface area contributed by atoms with E-state index < -0.39 is 0 Å². The summed E-state index contributed by atoms with van der Waals surface area (Å²) >= 11 is 1.62. The maximum Gasteiger partial charge on any atom is 0.220 e. The van der Waals surface area contributed by atoms with Gasteiger partial charge in [-0.3, -0.25) is 14.5 Å². The molecule has 1 aliphatic heterocycles. The van der Waals surface area contributed by atoms with Gasteiger partial charge in [-0.05, 0) is 58.0 Å². The van der Waals surface area contributed by atoms with Crippen LogP contribution in [0.3, 0.4) is 0 Å². The average Bonchev–Trinajstić information content (AvgIpc) is 3.35. The minimum atomic E-state index is -0.0845. The zero-order valence-corrected chi connectivity index (χ0v) is 16.2. The first-order valence-electron chi connectivity index (χ1n) is 9.19. The molecule has 26 heavy (non-hydrogen) atoms. The summed E-state index contributed by atoms with van der Waals surface area (Å²) < 4.78 is 5.57. The fourth-order valence-corrected chi connectivity index (χ4v) is 4.45. The van der Waals surface area contributed by atoms with E-state index in [-0.39, 0.29) is 30.6 Å². The summed E-state index contributed by atoms with van der Waals surface area (Å²) in [7, 11) is 0. The Hall–Kier alpha value is -1.92. The Labute approximate surface area is 158 Å². The third kappa shape index (κ3) is 4.62. The van der Waals surface area contributed by atoms with E-state index in [0.717, 1.165) is 34.2 Å². The number of thiophene rings is 1. The molecule has 1 atom stereocenters. The van der Waals surface area contributed by atoms with Crippen molar-refractivity contribution in [3.8, 4) is 0 Å². The highest BCUT2D eigenvalue weighted by Crippen LogP contribution is 2.25. The van der Waals surface area contributed by atoms with Crippen LogP contribution in [0.5, 0.6) is 0 Å². The van der Waals surface area contributed by atoms with Crippen LogP contribution in [0, 0.1) is 13.8 Å². The van der Waals surface area contributed by atoms with Gasteiger partial charge in [0, 0.05) is 34.7 Å². The van der Waals surface area contributed by atoms with Crippen LogP contribution in [-0.4, -0.2) is 36.2 Å². The van der Waals surface area contributed by atoms with Gasteiger partial charge < -0.3 is 9.73 Å². The topological polar surface area (TPSA) is 62.6 Å². The fourth-order valence-electron chi connectivity index (χ4n) is 3.51. The smallest absolute Gasteiger partial charge is 0.220 e. The first-order chi connectivity index (χ1) is 12.5. The maximum absolute atomic E-state index is 12.3. The summed E-state index contributed by atoms with van der Waals surface area (Å²) in [6.45, 7) is 6.51. The number of carbonyl (C=O) groups excluding carboxylic acids is 2. The van der Waals surface area contributed by atoms with Crippen LogP contribution in [-0.2, 0) is 4.79 Å². The lowest BCUT2D eigenvalue weighted by Gasteiger charge is -2.26. The van der Waals surface area contributed by atoms with Crippen molar-refractivity contribution >= 4 is 23.0 Å². The summed E-state index contributed by atoms with van der Waals surface area (Å²) in [5.74, 6) is 0.843. The van der Waals surface area contributed by atoms with E-state index in [0.29, 0.717) is 6.54 Å². The Kier molecular flexibility index (Phi) is 6.27. The van der Waals surface area contributed by atoms with E-state index in [2.05, 4.69) is 10.2 Å². The van der Waals surface area contributed by atoms with E-state index in [1.807, 2.05) is 32.0 Å². The van der Waals surface area contributed by atoms with E-state index >= 15 is 0 Å². The van der Waals surface area contributed by atoms with Crippen molar-refractivity contribution in [2.45, 2.75) is 45.6 Å². The number of ketones is 1. The molecule has 2 aromatic rings. The van der Waals surface area contributed by atoms with Gasteiger partial charge in [0.1, 0.15) is 5.76 Å². The first-order valence-corrected chi connectivity index (χ1v) is 10.0. The second-order valence-corrected chi connectivity index (χ2v) is 8.29. The quantitative estimate of drug-likeness (QED) is 0.713. The molecule has 0 bridgehead atoms.